The van der Waals surface area contributed by atoms with Gasteiger partial charge in [-0.3, -0.25) is 0 Å². The summed E-state index contributed by atoms with van der Waals surface area (Å²) in [7, 11) is 0. The van der Waals surface area contributed by atoms with Crippen molar-refractivity contribution in [3.05, 3.63) is 42.5 Å². The number of alkyl halides is 3. The third kappa shape index (κ3) is 2.80. The predicted molar refractivity (Wildman–Crippen MR) is 56.2 cm³/mol. The van der Waals surface area contributed by atoms with E-state index in [-0.39, 0.29) is 18.0 Å². The molecule has 0 radical (unpaired) electrons. The highest BCUT2D eigenvalue weighted by molar-refractivity contribution is 5.46. The fourth-order valence-electron chi connectivity index (χ4n) is 1.46. The minimum Gasteiger partial charge on any atom is -0.404 e. The molecule has 1 N–H and O–H groups in total. The van der Waals surface area contributed by atoms with Crippen LogP contribution in [0.25, 0.3) is 5.69 Å². The highest BCUT2D eigenvalue weighted by Crippen LogP contribution is 2.28. The number of nitrogens with zero attached hydrogens (tertiary/aromatic N) is 2. The summed E-state index contributed by atoms with van der Waals surface area (Å²) in [5.74, 6) is -0.327. The molecule has 0 spiro atoms. The van der Waals surface area contributed by atoms with E-state index in [0.29, 0.717) is 5.69 Å². The molecule has 0 aliphatic carbocycles. The average molecular weight is 258 g/mol. The summed E-state index contributed by atoms with van der Waals surface area (Å²) in [4.78, 5) is 3.82. The van der Waals surface area contributed by atoms with Crippen LogP contribution in [-0.2, 0) is 6.61 Å². The van der Waals surface area contributed by atoms with E-state index >= 15 is 0 Å². The van der Waals surface area contributed by atoms with Crippen molar-refractivity contribution in [2.45, 2.75) is 13.0 Å². The molecular weight excluding hydrogens is 249 g/mol. The van der Waals surface area contributed by atoms with E-state index in [2.05, 4.69) is 9.72 Å². The molecule has 0 amide bonds. The van der Waals surface area contributed by atoms with Crippen molar-refractivity contribution < 1.29 is 23.0 Å². The molecular formula is C11H9F3N2O2. The maximum absolute atomic E-state index is 12.2. The monoisotopic (exact) mass is 258 g/mol. The Morgan fingerprint density at radius 1 is 1.28 bits per heavy atom. The zero-order valence-electron chi connectivity index (χ0n) is 9.05. The molecule has 18 heavy (non-hydrogen) atoms. The maximum Gasteiger partial charge on any atom is 0.573 e. The lowest BCUT2D eigenvalue weighted by atomic mass is 10.3. The minimum absolute atomic E-state index is 0.196. The van der Waals surface area contributed by atoms with E-state index < -0.39 is 6.36 Å². The van der Waals surface area contributed by atoms with Gasteiger partial charge in [-0.05, 0) is 12.1 Å². The van der Waals surface area contributed by atoms with Crippen molar-refractivity contribution in [1.29, 1.82) is 0 Å². The lowest BCUT2D eigenvalue weighted by Crippen LogP contribution is -2.18. The molecule has 0 aliphatic rings. The number of aromatic nitrogens is 2. The molecule has 1 aromatic heterocycles. The molecule has 2 rings (SSSR count). The molecule has 0 fully saturated rings. The van der Waals surface area contributed by atoms with Gasteiger partial charge in [0.25, 0.3) is 0 Å². The number of imidazole rings is 1. The fraction of sp³-hybridized carbons (Fsp3) is 0.182. The largest absolute Gasteiger partial charge is 0.573 e. The molecule has 1 aromatic carbocycles. The van der Waals surface area contributed by atoms with E-state index in [0.717, 1.165) is 0 Å². The van der Waals surface area contributed by atoms with E-state index in [4.69, 9.17) is 5.11 Å². The van der Waals surface area contributed by atoms with Crippen LogP contribution in [0.2, 0.25) is 0 Å². The molecule has 0 atom stereocenters. The Bertz CT molecular complexity index is 537. The maximum atomic E-state index is 12.2. The van der Waals surface area contributed by atoms with Crippen LogP contribution in [0.3, 0.4) is 0 Å². The summed E-state index contributed by atoms with van der Waals surface area (Å²) in [5.41, 5.74) is 0.554. The smallest absolute Gasteiger partial charge is 0.404 e. The third-order valence-corrected chi connectivity index (χ3v) is 2.17. The van der Waals surface area contributed by atoms with Gasteiger partial charge in [-0.25, -0.2) is 4.98 Å². The van der Waals surface area contributed by atoms with Crippen LogP contribution in [0.4, 0.5) is 13.2 Å². The van der Waals surface area contributed by atoms with Crippen molar-refractivity contribution in [3.63, 3.8) is 0 Å². The zero-order chi connectivity index (χ0) is 13.2. The topological polar surface area (TPSA) is 47.3 Å². The lowest BCUT2D eigenvalue weighted by Gasteiger charge is -2.13. The Hall–Kier alpha value is -2.02. The highest BCUT2D eigenvalue weighted by Gasteiger charge is 2.32. The third-order valence-electron chi connectivity index (χ3n) is 2.17. The molecule has 0 bridgehead atoms. The number of benzene rings is 1. The second kappa shape index (κ2) is 4.69. The number of hydrogen-bond donors (Lipinski definition) is 1. The lowest BCUT2D eigenvalue weighted by molar-refractivity contribution is -0.274. The van der Waals surface area contributed by atoms with Crippen LogP contribution >= 0.6 is 0 Å². The van der Waals surface area contributed by atoms with Crippen LogP contribution in [0.5, 0.6) is 5.75 Å². The molecule has 0 unspecified atom stereocenters. The minimum atomic E-state index is -4.75. The summed E-state index contributed by atoms with van der Waals surface area (Å²) in [6.45, 7) is -0.282. The molecule has 1 heterocycles. The first-order chi connectivity index (χ1) is 8.49. The summed E-state index contributed by atoms with van der Waals surface area (Å²) in [6, 6.07) is 5.69. The number of ether oxygens (including phenoxy) is 1. The van der Waals surface area contributed by atoms with Gasteiger partial charge in [0.2, 0.25) is 0 Å². The van der Waals surface area contributed by atoms with Crippen LogP contribution < -0.4 is 4.74 Å². The summed E-state index contributed by atoms with van der Waals surface area (Å²) in [5, 5.41) is 8.87. The van der Waals surface area contributed by atoms with Gasteiger partial charge in [-0.15, -0.1) is 13.2 Å². The molecule has 7 heteroatoms. The van der Waals surface area contributed by atoms with E-state index in [1.54, 1.807) is 6.07 Å². The Balaban J connectivity index is 2.38. The molecule has 4 nitrogen and oxygen atoms in total. The van der Waals surface area contributed by atoms with Gasteiger partial charge >= 0.3 is 6.36 Å². The first-order valence-corrected chi connectivity index (χ1v) is 4.98. The van der Waals surface area contributed by atoms with Gasteiger partial charge in [-0.1, -0.05) is 12.1 Å². The number of hydrogen-bond acceptors (Lipinski definition) is 3. The van der Waals surface area contributed by atoms with Crippen molar-refractivity contribution in [3.8, 4) is 11.4 Å². The van der Waals surface area contributed by atoms with Crippen LogP contribution in [0, 0.1) is 0 Å². The number of halogens is 3. The SMILES string of the molecule is OCc1cn(-c2ccccc2OC(F)(F)F)cn1. The van der Waals surface area contributed by atoms with Gasteiger partial charge in [0.05, 0.1) is 24.3 Å². The van der Waals surface area contributed by atoms with Crippen molar-refractivity contribution in [2.24, 2.45) is 0 Å². The normalized spacial score (nSPS) is 11.6. The van der Waals surface area contributed by atoms with Gasteiger partial charge in [0, 0.05) is 6.20 Å². The van der Waals surface area contributed by atoms with Gasteiger partial charge in [-0.2, -0.15) is 0 Å². The second-order valence-corrected chi connectivity index (χ2v) is 3.45. The van der Waals surface area contributed by atoms with Crippen LogP contribution in [0.1, 0.15) is 5.69 Å². The first-order valence-electron chi connectivity index (χ1n) is 4.98. The Kier molecular flexibility index (Phi) is 3.24. The standard InChI is InChI=1S/C11H9F3N2O2/c12-11(13,14)18-10-4-2-1-3-9(10)16-5-8(6-17)15-7-16/h1-5,7,17H,6H2. The van der Waals surface area contributed by atoms with Crippen molar-refractivity contribution in [1.82, 2.24) is 9.55 Å². The van der Waals surface area contributed by atoms with E-state index in [1.165, 1.54) is 35.3 Å². The molecule has 2 aromatic rings. The summed E-state index contributed by atoms with van der Waals surface area (Å²) < 4.78 is 41.9. The zero-order valence-corrected chi connectivity index (χ0v) is 9.05. The van der Waals surface area contributed by atoms with Gasteiger partial charge < -0.3 is 14.4 Å². The summed E-state index contributed by atoms with van der Waals surface area (Å²) >= 11 is 0. The highest BCUT2D eigenvalue weighted by atomic mass is 19.4. The second-order valence-electron chi connectivity index (χ2n) is 3.45. The fourth-order valence-corrected chi connectivity index (χ4v) is 1.46. The van der Waals surface area contributed by atoms with Crippen molar-refractivity contribution >= 4 is 0 Å². The van der Waals surface area contributed by atoms with E-state index in [1.807, 2.05) is 0 Å². The number of aliphatic hydroxyl groups excluding tert-OH is 1. The van der Waals surface area contributed by atoms with Crippen LogP contribution in [-0.4, -0.2) is 21.0 Å². The quantitative estimate of drug-likeness (QED) is 0.918. The molecule has 0 saturated heterocycles. The Morgan fingerprint density at radius 3 is 2.61 bits per heavy atom. The van der Waals surface area contributed by atoms with Gasteiger partial charge in [0.15, 0.2) is 5.75 Å². The molecule has 96 valence electrons. The number of rotatable bonds is 3. The number of para-hydroxylation sites is 2. The molecule has 0 aliphatic heterocycles. The Labute approximate surface area is 100 Å². The average Bonchev–Trinajstić information content (AvgIpc) is 2.76. The molecule has 0 saturated carbocycles. The number of aliphatic hydroxyl groups is 1. The summed E-state index contributed by atoms with van der Waals surface area (Å²) in [6.07, 6.45) is -2.01. The first kappa shape index (κ1) is 12.4. The Morgan fingerprint density at radius 2 is 2.00 bits per heavy atom. The van der Waals surface area contributed by atoms with E-state index in [9.17, 15) is 13.2 Å². The van der Waals surface area contributed by atoms with Crippen molar-refractivity contribution in [2.75, 3.05) is 0 Å². The van der Waals surface area contributed by atoms with Gasteiger partial charge in [0.1, 0.15) is 0 Å². The van der Waals surface area contributed by atoms with Crippen LogP contribution in [0.15, 0.2) is 36.8 Å². The predicted octanol–water partition coefficient (Wildman–Crippen LogP) is 2.26.